The topological polar surface area (TPSA) is 35.5 Å². The van der Waals surface area contributed by atoms with Gasteiger partial charge in [0.05, 0.1) is 13.7 Å². The lowest BCUT2D eigenvalue weighted by Gasteiger charge is -2.04. The van der Waals surface area contributed by atoms with E-state index in [0.717, 1.165) is 18.6 Å². The number of carbonyl (C=O) groups is 1. The van der Waals surface area contributed by atoms with E-state index in [9.17, 15) is 4.79 Å². The number of hydrogen-bond donors (Lipinski definition) is 0. The van der Waals surface area contributed by atoms with Crippen molar-refractivity contribution in [3.8, 4) is 5.75 Å². The summed E-state index contributed by atoms with van der Waals surface area (Å²) in [5, 5.41) is 0. The first-order valence-electron chi connectivity index (χ1n) is 7.57. The zero-order valence-electron chi connectivity index (χ0n) is 14.0. The second-order valence-corrected chi connectivity index (χ2v) is 5.54. The molecular weight excluding hydrogens is 276 g/mol. The van der Waals surface area contributed by atoms with Gasteiger partial charge in [0.15, 0.2) is 5.78 Å². The van der Waals surface area contributed by atoms with Crippen molar-refractivity contribution >= 4 is 5.78 Å². The number of benzene rings is 1. The second-order valence-electron chi connectivity index (χ2n) is 5.54. The fourth-order valence-electron chi connectivity index (χ4n) is 1.90. The largest absolute Gasteiger partial charge is 0.497 e. The highest BCUT2D eigenvalue weighted by atomic mass is 16.5. The van der Waals surface area contributed by atoms with Gasteiger partial charge in [-0.05, 0) is 57.9 Å². The van der Waals surface area contributed by atoms with Crippen molar-refractivity contribution in [2.24, 2.45) is 0 Å². The molecule has 0 aliphatic carbocycles. The average Bonchev–Trinajstić information content (AvgIpc) is 2.51. The van der Waals surface area contributed by atoms with Crippen LogP contribution >= 0.6 is 0 Å². The zero-order chi connectivity index (χ0) is 16.4. The summed E-state index contributed by atoms with van der Waals surface area (Å²) in [6, 6.07) is 7.07. The van der Waals surface area contributed by atoms with Crippen LogP contribution in [-0.2, 0) is 4.74 Å². The summed E-state index contributed by atoms with van der Waals surface area (Å²) in [6.45, 7) is 6.87. The summed E-state index contributed by atoms with van der Waals surface area (Å²) in [5.74, 6) is 0.727. The van der Waals surface area contributed by atoms with Gasteiger partial charge >= 0.3 is 0 Å². The summed E-state index contributed by atoms with van der Waals surface area (Å²) in [7, 11) is 1.60. The highest BCUT2D eigenvalue weighted by Gasteiger charge is 2.05. The highest BCUT2D eigenvalue weighted by molar-refractivity contribution is 5.97. The molecule has 0 N–H and O–H groups in total. The maximum absolute atomic E-state index is 11.9. The minimum absolute atomic E-state index is 0.0155. The Balaban J connectivity index is 2.30. The predicted molar refractivity (Wildman–Crippen MR) is 90.6 cm³/mol. The molecule has 0 amide bonds. The van der Waals surface area contributed by atoms with Crippen LogP contribution in [0.15, 0.2) is 47.6 Å². The van der Waals surface area contributed by atoms with Gasteiger partial charge in [-0.2, -0.15) is 0 Å². The van der Waals surface area contributed by atoms with Crippen molar-refractivity contribution in [2.75, 3.05) is 20.3 Å². The fraction of sp³-hybridized carbons (Fsp3) is 0.421. The Kier molecular flexibility index (Phi) is 8.23. The van der Waals surface area contributed by atoms with E-state index in [4.69, 9.17) is 9.47 Å². The predicted octanol–water partition coefficient (Wildman–Crippen LogP) is 4.59. The number of ether oxygens (including phenoxy) is 2. The molecule has 0 aromatic heterocycles. The first kappa shape index (κ1) is 18.2. The van der Waals surface area contributed by atoms with E-state index < -0.39 is 0 Å². The van der Waals surface area contributed by atoms with Crippen molar-refractivity contribution in [1.29, 1.82) is 0 Å². The first-order valence-corrected chi connectivity index (χ1v) is 7.57. The van der Waals surface area contributed by atoms with Crippen molar-refractivity contribution < 1.29 is 14.3 Å². The smallest absolute Gasteiger partial charge is 0.188 e. The van der Waals surface area contributed by atoms with Crippen LogP contribution in [-0.4, -0.2) is 26.1 Å². The van der Waals surface area contributed by atoms with Crippen LogP contribution in [0.4, 0.5) is 0 Å². The molecular formula is C19H26O3. The molecule has 1 aromatic carbocycles. The maximum atomic E-state index is 11.9. The van der Waals surface area contributed by atoms with Crippen LogP contribution in [0.2, 0.25) is 0 Å². The lowest BCUT2D eigenvalue weighted by Crippen LogP contribution is -2.09. The van der Waals surface area contributed by atoms with Gasteiger partial charge in [0.2, 0.25) is 0 Å². The molecule has 22 heavy (non-hydrogen) atoms. The molecule has 1 aromatic rings. The van der Waals surface area contributed by atoms with Crippen molar-refractivity contribution in [2.45, 2.75) is 33.6 Å². The van der Waals surface area contributed by atoms with Gasteiger partial charge in [0, 0.05) is 5.56 Å². The molecule has 120 valence electrons. The quantitative estimate of drug-likeness (QED) is 0.380. The normalized spacial score (nSPS) is 11.2. The molecule has 0 aliphatic heterocycles. The SMILES string of the molecule is COc1ccc(C(=O)COC/C=C(\C)CCC=C(C)C)cc1. The standard InChI is InChI=1S/C19H26O3/c1-15(2)6-5-7-16(3)12-13-22-14-19(20)17-8-10-18(21-4)11-9-17/h6,8-12H,5,7,13-14H2,1-4H3/b16-12+. The highest BCUT2D eigenvalue weighted by Crippen LogP contribution is 2.12. The molecule has 1 rings (SSSR count). The van der Waals surface area contributed by atoms with E-state index in [1.54, 1.807) is 31.4 Å². The number of ketones is 1. The van der Waals surface area contributed by atoms with Gasteiger partial charge in [-0.15, -0.1) is 0 Å². The van der Waals surface area contributed by atoms with Crippen molar-refractivity contribution in [3.05, 3.63) is 53.1 Å². The molecule has 0 saturated heterocycles. The third-order valence-corrected chi connectivity index (χ3v) is 3.29. The van der Waals surface area contributed by atoms with E-state index in [0.29, 0.717) is 12.2 Å². The summed E-state index contributed by atoms with van der Waals surface area (Å²) in [4.78, 5) is 11.9. The number of hydrogen-bond acceptors (Lipinski definition) is 3. The van der Waals surface area contributed by atoms with E-state index in [1.165, 1.54) is 11.1 Å². The molecule has 0 aliphatic rings. The first-order chi connectivity index (χ1) is 10.5. The number of rotatable bonds is 9. The molecule has 0 radical (unpaired) electrons. The third kappa shape index (κ3) is 7.23. The van der Waals surface area contributed by atoms with E-state index >= 15 is 0 Å². The Morgan fingerprint density at radius 3 is 2.36 bits per heavy atom. The lowest BCUT2D eigenvalue weighted by atomic mass is 10.1. The molecule has 0 bridgehead atoms. The Hall–Kier alpha value is -1.87. The Bertz CT molecular complexity index is 520. The molecule has 0 saturated carbocycles. The lowest BCUT2D eigenvalue weighted by molar-refractivity contribution is 0.0805. The molecule has 0 spiro atoms. The summed E-state index contributed by atoms with van der Waals surface area (Å²) in [6.07, 6.45) is 6.35. The van der Waals surface area contributed by atoms with E-state index in [2.05, 4.69) is 26.8 Å². The van der Waals surface area contributed by atoms with Gasteiger partial charge in [0.25, 0.3) is 0 Å². The fourth-order valence-corrected chi connectivity index (χ4v) is 1.90. The van der Waals surface area contributed by atoms with E-state index in [1.807, 2.05) is 6.08 Å². The number of allylic oxidation sites excluding steroid dienone is 3. The molecule has 0 atom stereocenters. The Morgan fingerprint density at radius 1 is 1.09 bits per heavy atom. The molecule has 3 heteroatoms. The van der Waals surface area contributed by atoms with Gasteiger partial charge in [-0.1, -0.05) is 23.3 Å². The van der Waals surface area contributed by atoms with Crippen LogP contribution < -0.4 is 4.74 Å². The zero-order valence-corrected chi connectivity index (χ0v) is 14.0. The van der Waals surface area contributed by atoms with E-state index in [-0.39, 0.29) is 12.4 Å². The summed E-state index contributed by atoms with van der Waals surface area (Å²) < 4.78 is 10.5. The van der Waals surface area contributed by atoms with Gasteiger partial charge < -0.3 is 9.47 Å². The molecule has 3 nitrogen and oxygen atoms in total. The van der Waals surface area contributed by atoms with Crippen molar-refractivity contribution in [1.82, 2.24) is 0 Å². The van der Waals surface area contributed by atoms with Crippen LogP contribution in [0.25, 0.3) is 0 Å². The van der Waals surface area contributed by atoms with Crippen molar-refractivity contribution in [3.63, 3.8) is 0 Å². The molecule has 0 unspecified atom stereocenters. The monoisotopic (exact) mass is 302 g/mol. The van der Waals surface area contributed by atoms with Crippen LogP contribution in [0.3, 0.4) is 0 Å². The number of carbonyl (C=O) groups excluding carboxylic acids is 1. The second kappa shape index (κ2) is 9.96. The minimum atomic E-state index is -0.0155. The molecule has 0 fully saturated rings. The Labute approximate surface area is 133 Å². The minimum Gasteiger partial charge on any atom is -0.497 e. The third-order valence-electron chi connectivity index (χ3n) is 3.29. The average molecular weight is 302 g/mol. The van der Waals surface area contributed by atoms with Gasteiger partial charge in [0.1, 0.15) is 12.4 Å². The summed E-state index contributed by atoms with van der Waals surface area (Å²) in [5.41, 5.74) is 3.27. The van der Waals surface area contributed by atoms with Crippen LogP contribution in [0.5, 0.6) is 5.75 Å². The summed E-state index contributed by atoms with van der Waals surface area (Å²) >= 11 is 0. The number of Topliss-reactive ketones (excluding diaryl/α,β-unsaturated/α-hetero) is 1. The van der Waals surface area contributed by atoms with Crippen LogP contribution in [0, 0.1) is 0 Å². The Morgan fingerprint density at radius 2 is 1.77 bits per heavy atom. The van der Waals surface area contributed by atoms with Crippen LogP contribution in [0.1, 0.15) is 44.0 Å². The molecule has 0 heterocycles. The number of methoxy groups -OCH3 is 1. The van der Waals surface area contributed by atoms with Gasteiger partial charge in [-0.25, -0.2) is 0 Å². The maximum Gasteiger partial charge on any atom is 0.188 e. The van der Waals surface area contributed by atoms with Gasteiger partial charge in [-0.3, -0.25) is 4.79 Å².